The second-order valence-electron chi connectivity index (χ2n) is 8.23. The van der Waals surface area contributed by atoms with Crippen molar-refractivity contribution in [2.24, 2.45) is 0 Å². The molecule has 2 aromatic carbocycles. The summed E-state index contributed by atoms with van der Waals surface area (Å²) >= 11 is 5.97. The molecule has 1 saturated heterocycles. The molecule has 1 fully saturated rings. The number of nitrogens with zero attached hydrogens (tertiary/aromatic N) is 2. The van der Waals surface area contributed by atoms with Crippen molar-refractivity contribution >= 4 is 17.5 Å². The minimum absolute atomic E-state index is 0.0383. The van der Waals surface area contributed by atoms with Gasteiger partial charge in [0.2, 0.25) is 0 Å². The molecule has 1 amide bonds. The van der Waals surface area contributed by atoms with E-state index in [1.165, 1.54) is 16.7 Å². The predicted octanol–water partition coefficient (Wildman–Crippen LogP) is 2.58. The van der Waals surface area contributed by atoms with Crippen LogP contribution < -0.4 is 10.6 Å². The molecule has 0 unspecified atom stereocenters. The molecule has 4 rings (SSSR count). The molecule has 30 heavy (non-hydrogen) atoms. The average Bonchev–Trinajstić information content (AvgIpc) is 3.01. The van der Waals surface area contributed by atoms with E-state index in [9.17, 15) is 4.79 Å². The van der Waals surface area contributed by atoms with Gasteiger partial charge in [-0.3, -0.25) is 14.6 Å². The van der Waals surface area contributed by atoms with Crippen molar-refractivity contribution in [3.63, 3.8) is 0 Å². The molecule has 5 nitrogen and oxygen atoms in total. The second-order valence-corrected chi connectivity index (χ2v) is 8.67. The van der Waals surface area contributed by atoms with E-state index in [-0.39, 0.29) is 5.91 Å². The van der Waals surface area contributed by atoms with Gasteiger partial charge in [-0.05, 0) is 66.9 Å². The van der Waals surface area contributed by atoms with Crippen LogP contribution in [-0.4, -0.2) is 68.1 Å². The fraction of sp³-hybridized carbons (Fsp3) is 0.458. The first kappa shape index (κ1) is 21.3. The van der Waals surface area contributed by atoms with E-state index in [2.05, 4.69) is 44.7 Å². The molecule has 0 aliphatic carbocycles. The Labute approximate surface area is 184 Å². The molecule has 6 heteroatoms. The van der Waals surface area contributed by atoms with E-state index in [0.29, 0.717) is 6.54 Å². The Balaban J connectivity index is 1.18. The quantitative estimate of drug-likeness (QED) is 0.745. The van der Waals surface area contributed by atoms with Crippen LogP contribution in [0.25, 0.3) is 0 Å². The number of hydrogen-bond acceptors (Lipinski definition) is 4. The van der Waals surface area contributed by atoms with Gasteiger partial charge in [-0.25, -0.2) is 0 Å². The Morgan fingerprint density at radius 2 is 1.63 bits per heavy atom. The van der Waals surface area contributed by atoms with Crippen LogP contribution in [0.4, 0.5) is 0 Å². The van der Waals surface area contributed by atoms with Gasteiger partial charge in [0.1, 0.15) is 0 Å². The Morgan fingerprint density at radius 1 is 0.933 bits per heavy atom. The highest BCUT2D eigenvalue weighted by Gasteiger charge is 2.17. The molecule has 0 aromatic heterocycles. The molecule has 2 N–H and O–H groups in total. The average molecular weight is 427 g/mol. The van der Waals surface area contributed by atoms with Gasteiger partial charge < -0.3 is 10.6 Å². The third-order valence-corrected chi connectivity index (χ3v) is 6.36. The summed E-state index contributed by atoms with van der Waals surface area (Å²) in [4.78, 5) is 17.5. The van der Waals surface area contributed by atoms with Crippen LogP contribution in [0.1, 0.15) is 27.0 Å². The largest absolute Gasteiger partial charge is 0.351 e. The Hall–Kier alpha value is -1.92. The van der Waals surface area contributed by atoms with Crippen molar-refractivity contribution in [2.75, 3.05) is 52.4 Å². The smallest absolute Gasteiger partial charge is 0.251 e. The van der Waals surface area contributed by atoms with Gasteiger partial charge in [-0.15, -0.1) is 0 Å². The zero-order valence-electron chi connectivity index (χ0n) is 17.5. The number of nitrogens with one attached hydrogen (secondary N) is 2. The molecule has 2 heterocycles. The van der Waals surface area contributed by atoms with E-state index < -0.39 is 0 Å². The van der Waals surface area contributed by atoms with E-state index >= 15 is 0 Å². The van der Waals surface area contributed by atoms with Crippen molar-refractivity contribution in [1.82, 2.24) is 20.4 Å². The van der Waals surface area contributed by atoms with Gasteiger partial charge in [0.25, 0.3) is 5.91 Å². The van der Waals surface area contributed by atoms with Gasteiger partial charge in [-0.2, -0.15) is 0 Å². The van der Waals surface area contributed by atoms with Gasteiger partial charge in [0, 0.05) is 56.4 Å². The Morgan fingerprint density at radius 3 is 2.40 bits per heavy atom. The first-order valence-electron chi connectivity index (χ1n) is 11.0. The van der Waals surface area contributed by atoms with Crippen molar-refractivity contribution < 1.29 is 4.79 Å². The highest BCUT2D eigenvalue weighted by Crippen LogP contribution is 2.16. The van der Waals surface area contributed by atoms with Crippen LogP contribution >= 0.6 is 11.6 Å². The summed E-state index contributed by atoms with van der Waals surface area (Å²) in [5, 5.41) is 7.31. The lowest BCUT2D eigenvalue weighted by Crippen LogP contribution is -2.48. The molecule has 0 spiro atoms. The minimum Gasteiger partial charge on any atom is -0.351 e. The van der Waals surface area contributed by atoms with E-state index in [4.69, 9.17) is 11.6 Å². The summed E-state index contributed by atoms with van der Waals surface area (Å²) in [6, 6.07) is 14.3. The lowest BCUT2D eigenvalue weighted by Gasteiger charge is -2.34. The number of rotatable bonds is 6. The van der Waals surface area contributed by atoms with Gasteiger partial charge >= 0.3 is 0 Å². The maximum absolute atomic E-state index is 12.6. The fourth-order valence-corrected chi connectivity index (χ4v) is 4.39. The molecule has 2 aliphatic heterocycles. The number of fused-ring (bicyclic) bond motifs is 1. The van der Waals surface area contributed by atoms with Crippen molar-refractivity contribution in [3.8, 4) is 0 Å². The number of hydrogen-bond donors (Lipinski definition) is 2. The van der Waals surface area contributed by atoms with Crippen molar-refractivity contribution in [2.45, 2.75) is 19.4 Å². The lowest BCUT2D eigenvalue weighted by molar-refractivity contribution is 0.0934. The molecule has 0 atom stereocenters. The number of halogens is 1. The molecular formula is C24H31ClN4O. The van der Waals surface area contributed by atoms with Gasteiger partial charge in [-0.1, -0.05) is 29.8 Å². The molecule has 2 aromatic rings. The number of piperazine rings is 1. The van der Waals surface area contributed by atoms with Crippen LogP contribution in [0.15, 0.2) is 42.5 Å². The van der Waals surface area contributed by atoms with Gasteiger partial charge in [0.05, 0.1) is 0 Å². The third kappa shape index (κ3) is 5.82. The van der Waals surface area contributed by atoms with E-state index in [1.54, 1.807) is 0 Å². The topological polar surface area (TPSA) is 47.6 Å². The van der Waals surface area contributed by atoms with Crippen molar-refractivity contribution in [3.05, 3.63) is 69.7 Å². The molecule has 0 saturated carbocycles. The third-order valence-electron chi connectivity index (χ3n) is 6.11. The fourth-order valence-electron chi connectivity index (χ4n) is 4.26. The van der Waals surface area contributed by atoms with E-state index in [0.717, 1.165) is 75.8 Å². The molecule has 160 valence electrons. The molecular weight excluding hydrogens is 396 g/mol. The summed E-state index contributed by atoms with van der Waals surface area (Å²) in [6.45, 7) is 8.74. The highest BCUT2D eigenvalue weighted by atomic mass is 35.5. The summed E-state index contributed by atoms with van der Waals surface area (Å²) in [7, 11) is 0. The predicted molar refractivity (Wildman–Crippen MR) is 122 cm³/mol. The summed E-state index contributed by atoms with van der Waals surface area (Å²) in [6.07, 6.45) is 2.04. The van der Waals surface area contributed by atoms with E-state index in [1.807, 2.05) is 18.2 Å². The summed E-state index contributed by atoms with van der Waals surface area (Å²) in [5.41, 5.74) is 4.76. The zero-order valence-corrected chi connectivity index (χ0v) is 18.3. The second kappa shape index (κ2) is 10.4. The van der Waals surface area contributed by atoms with Crippen LogP contribution in [0.2, 0.25) is 5.02 Å². The maximum Gasteiger partial charge on any atom is 0.251 e. The van der Waals surface area contributed by atoms with Crippen LogP contribution in [-0.2, 0) is 19.4 Å². The maximum atomic E-state index is 12.6. The van der Waals surface area contributed by atoms with Crippen molar-refractivity contribution in [1.29, 1.82) is 0 Å². The molecule has 0 radical (unpaired) electrons. The van der Waals surface area contributed by atoms with Crippen LogP contribution in [0.3, 0.4) is 0 Å². The number of carbonyl (C=O) groups is 1. The van der Waals surface area contributed by atoms with Crippen LogP contribution in [0, 0.1) is 0 Å². The SMILES string of the molecule is O=C(NCCN1CCN(Cc2ccc(Cl)cc2)CC1)c1ccc2c(c1)CCNCC2. The first-order valence-corrected chi connectivity index (χ1v) is 11.3. The summed E-state index contributed by atoms with van der Waals surface area (Å²) < 4.78 is 0. The standard InChI is InChI=1S/C24H31ClN4O/c25-23-5-1-19(2-6-23)18-29-15-13-28(14-16-29)12-11-27-24(30)22-4-3-20-7-9-26-10-8-21(20)17-22/h1-6,17,26H,7-16,18H2,(H,27,30). The number of amides is 1. The normalized spacial score (nSPS) is 17.9. The molecule has 0 bridgehead atoms. The zero-order chi connectivity index (χ0) is 20.8. The number of carbonyl (C=O) groups excluding carboxylic acids is 1. The Bertz CT molecular complexity index is 847. The lowest BCUT2D eigenvalue weighted by atomic mass is 10.00. The first-order chi connectivity index (χ1) is 14.7. The Kier molecular flexibility index (Phi) is 7.39. The summed E-state index contributed by atoms with van der Waals surface area (Å²) in [5.74, 6) is 0.0383. The van der Waals surface area contributed by atoms with Crippen LogP contribution in [0.5, 0.6) is 0 Å². The highest BCUT2D eigenvalue weighted by molar-refractivity contribution is 6.30. The minimum atomic E-state index is 0.0383. The molecule has 2 aliphatic rings. The van der Waals surface area contributed by atoms with Gasteiger partial charge in [0.15, 0.2) is 0 Å². The monoisotopic (exact) mass is 426 g/mol. The number of benzene rings is 2.